The van der Waals surface area contributed by atoms with E-state index >= 15 is 0 Å². The Bertz CT molecular complexity index is 911. The second kappa shape index (κ2) is 8.14. The molecule has 0 spiro atoms. The number of benzene rings is 1. The minimum atomic E-state index is -3.58. The van der Waals surface area contributed by atoms with Crippen LogP contribution in [0.5, 0.6) is 0 Å². The number of carbonyl (C=O) groups is 1. The summed E-state index contributed by atoms with van der Waals surface area (Å²) in [7, 11) is -3.58. The Hall–Kier alpha value is -2.32. The molecule has 0 aliphatic carbocycles. The first-order chi connectivity index (χ1) is 12.9. The van der Waals surface area contributed by atoms with Crippen molar-refractivity contribution in [1.82, 2.24) is 14.6 Å². The summed E-state index contributed by atoms with van der Waals surface area (Å²) in [4.78, 5) is 16.4. The Kier molecular flexibility index (Phi) is 5.86. The Morgan fingerprint density at radius 3 is 2.67 bits per heavy atom. The summed E-state index contributed by atoms with van der Waals surface area (Å²) in [5.41, 5.74) is 1.26. The molecule has 1 amide bonds. The van der Waals surface area contributed by atoms with Gasteiger partial charge in [0.2, 0.25) is 15.9 Å². The first kappa shape index (κ1) is 19.4. The van der Waals surface area contributed by atoms with E-state index in [0.29, 0.717) is 24.0 Å². The van der Waals surface area contributed by atoms with Gasteiger partial charge in [0.25, 0.3) is 0 Å². The second-order valence-corrected chi connectivity index (χ2v) is 8.61. The van der Waals surface area contributed by atoms with Crippen molar-refractivity contribution < 1.29 is 17.6 Å². The molecule has 1 fully saturated rings. The number of nitrogens with one attached hydrogen (secondary N) is 1. The molecule has 1 saturated heterocycles. The predicted molar refractivity (Wildman–Crippen MR) is 98.7 cm³/mol. The average molecular weight is 391 g/mol. The standard InChI is InChI=1S/C19H22FN3O3S/c1-14-4-5-15(11-18(14)20)12-22-19(24)16-6-9-23(10-7-16)27(25,26)17-3-2-8-21-13-17/h2-5,8,11,13,16H,6-7,9-10,12H2,1H3,(H,22,24). The van der Waals surface area contributed by atoms with E-state index in [9.17, 15) is 17.6 Å². The van der Waals surface area contributed by atoms with Crippen molar-refractivity contribution in [2.45, 2.75) is 31.2 Å². The fourth-order valence-electron chi connectivity index (χ4n) is 3.09. The monoisotopic (exact) mass is 391 g/mol. The molecular formula is C19H22FN3O3S. The van der Waals surface area contributed by atoms with E-state index in [2.05, 4.69) is 10.3 Å². The maximum Gasteiger partial charge on any atom is 0.244 e. The Labute approximate surface area is 158 Å². The molecule has 1 aliphatic heterocycles. The van der Waals surface area contributed by atoms with Crippen LogP contribution >= 0.6 is 0 Å². The fourth-order valence-corrected chi connectivity index (χ4v) is 4.52. The van der Waals surface area contributed by atoms with Gasteiger partial charge in [-0.2, -0.15) is 4.31 Å². The first-order valence-corrected chi connectivity index (χ1v) is 10.2. The summed E-state index contributed by atoms with van der Waals surface area (Å²) >= 11 is 0. The summed E-state index contributed by atoms with van der Waals surface area (Å²) in [6.45, 7) is 2.51. The average Bonchev–Trinajstić information content (AvgIpc) is 2.69. The summed E-state index contributed by atoms with van der Waals surface area (Å²) < 4.78 is 40.1. The van der Waals surface area contributed by atoms with E-state index in [4.69, 9.17) is 0 Å². The van der Waals surface area contributed by atoms with Gasteiger partial charge < -0.3 is 5.32 Å². The van der Waals surface area contributed by atoms with Gasteiger partial charge in [0.15, 0.2) is 0 Å². The van der Waals surface area contributed by atoms with Crippen molar-refractivity contribution in [2.75, 3.05) is 13.1 Å². The van der Waals surface area contributed by atoms with Crippen molar-refractivity contribution in [1.29, 1.82) is 0 Å². The van der Waals surface area contributed by atoms with Gasteiger partial charge in [-0.3, -0.25) is 9.78 Å². The fraction of sp³-hybridized carbons (Fsp3) is 0.368. The van der Waals surface area contributed by atoms with Crippen LogP contribution in [0.15, 0.2) is 47.6 Å². The molecule has 0 radical (unpaired) electrons. The highest BCUT2D eigenvalue weighted by Gasteiger charge is 2.32. The van der Waals surface area contributed by atoms with Crippen molar-refractivity contribution >= 4 is 15.9 Å². The number of nitrogens with zero attached hydrogens (tertiary/aromatic N) is 2. The summed E-state index contributed by atoms with van der Waals surface area (Å²) in [6, 6.07) is 7.97. The van der Waals surface area contributed by atoms with Crippen LogP contribution in [-0.2, 0) is 21.4 Å². The molecule has 8 heteroatoms. The van der Waals surface area contributed by atoms with Crippen LogP contribution in [0.2, 0.25) is 0 Å². The van der Waals surface area contributed by atoms with Crippen LogP contribution < -0.4 is 5.32 Å². The molecule has 0 atom stereocenters. The Morgan fingerprint density at radius 1 is 1.30 bits per heavy atom. The van der Waals surface area contributed by atoms with Crippen molar-refractivity contribution in [3.8, 4) is 0 Å². The summed E-state index contributed by atoms with van der Waals surface area (Å²) in [5, 5.41) is 2.82. The summed E-state index contributed by atoms with van der Waals surface area (Å²) in [5.74, 6) is -0.675. The number of carbonyl (C=O) groups excluding carboxylic acids is 1. The van der Waals surface area contributed by atoms with Crippen molar-refractivity contribution in [2.24, 2.45) is 5.92 Å². The van der Waals surface area contributed by atoms with E-state index in [1.54, 1.807) is 25.1 Å². The number of sulfonamides is 1. The zero-order valence-corrected chi connectivity index (χ0v) is 15.9. The third-order valence-corrected chi connectivity index (χ3v) is 6.68. The normalized spacial score (nSPS) is 16.2. The molecule has 2 heterocycles. The number of hydrogen-bond donors (Lipinski definition) is 1. The number of amides is 1. The second-order valence-electron chi connectivity index (χ2n) is 6.67. The van der Waals surface area contributed by atoms with Gasteiger partial charge in [-0.05, 0) is 49.1 Å². The maximum atomic E-state index is 13.6. The number of rotatable bonds is 5. The molecule has 1 N–H and O–H groups in total. The lowest BCUT2D eigenvalue weighted by molar-refractivity contribution is -0.126. The lowest BCUT2D eigenvalue weighted by atomic mass is 9.97. The Balaban J connectivity index is 1.54. The molecule has 1 aliphatic rings. The minimum Gasteiger partial charge on any atom is -0.352 e. The third kappa shape index (κ3) is 4.51. The molecule has 144 valence electrons. The number of hydrogen-bond acceptors (Lipinski definition) is 4. The number of aromatic nitrogens is 1. The van der Waals surface area contributed by atoms with Gasteiger partial charge in [0, 0.05) is 37.9 Å². The molecule has 0 bridgehead atoms. The molecular weight excluding hydrogens is 369 g/mol. The van der Waals surface area contributed by atoms with Crippen LogP contribution in [0, 0.1) is 18.7 Å². The van der Waals surface area contributed by atoms with Gasteiger partial charge in [-0.1, -0.05) is 12.1 Å². The molecule has 1 aromatic carbocycles. The van der Waals surface area contributed by atoms with Crippen LogP contribution in [-0.4, -0.2) is 36.7 Å². The zero-order chi connectivity index (χ0) is 19.4. The largest absolute Gasteiger partial charge is 0.352 e. The van der Waals surface area contributed by atoms with Crippen molar-refractivity contribution in [3.63, 3.8) is 0 Å². The highest BCUT2D eigenvalue weighted by Crippen LogP contribution is 2.23. The van der Waals surface area contributed by atoms with Gasteiger partial charge in [-0.15, -0.1) is 0 Å². The molecule has 0 unspecified atom stereocenters. The maximum absolute atomic E-state index is 13.6. The lowest BCUT2D eigenvalue weighted by Crippen LogP contribution is -2.42. The van der Waals surface area contributed by atoms with E-state index in [0.717, 1.165) is 0 Å². The molecule has 0 saturated carbocycles. The lowest BCUT2D eigenvalue weighted by Gasteiger charge is -2.30. The quantitative estimate of drug-likeness (QED) is 0.848. The number of aryl methyl sites for hydroxylation is 1. The number of pyridine rings is 1. The first-order valence-electron chi connectivity index (χ1n) is 8.81. The zero-order valence-electron chi connectivity index (χ0n) is 15.1. The summed E-state index contributed by atoms with van der Waals surface area (Å²) in [6.07, 6.45) is 3.76. The Morgan fingerprint density at radius 2 is 2.04 bits per heavy atom. The third-order valence-electron chi connectivity index (χ3n) is 4.80. The highest BCUT2D eigenvalue weighted by atomic mass is 32.2. The van der Waals surface area contributed by atoms with Crippen LogP contribution in [0.3, 0.4) is 0 Å². The van der Waals surface area contributed by atoms with Gasteiger partial charge in [0.05, 0.1) is 0 Å². The van der Waals surface area contributed by atoms with Gasteiger partial charge in [0.1, 0.15) is 10.7 Å². The molecule has 3 rings (SSSR count). The predicted octanol–water partition coefficient (Wildman–Crippen LogP) is 2.25. The van der Waals surface area contributed by atoms with E-state index in [1.807, 2.05) is 0 Å². The van der Waals surface area contributed by atoms with Crippen molar-refractivity contribution in [3.05, 3.63) is 59.7 Å². The van der Waals surface area contributed by atoms with E-state index in [1.165, 1.54) is 28.8 Å². The SMILES string of the molecule is Cc1ccc(CNC(=O)C2CCN(S(=O)(=O)c3cccnc3)CC2)cc1F. The van der Waals surface area contributed by atoms with Crippen LogP contribution in [0.1, 0.15) is 24.0 Å². The molecule has 27 heavy (non-hydrogen) atoms. The number of halogens is 1. The van der Waals surface area contributed by atoms with E-state index < -0.39 is 10.0 Å². The topological polar surface area (TPSA) is 79.4 Å². The van der Waals surface area contributed by atoms with Gasteiger partial charge in [-0.25, -0.2) is 12.8 Å². The molecule has 1 aromatic heterocycles. The van der Waals surface area contributed by atoms with Gasteiger partial charge >= 0.3 is 0 Å². The minimum absolute atomic E-state index is 0.130. The molecule has 2 aromatic rings. The van der Waals surface area contributed by atoms with Crippen LogP contribution in [0.4, 0.5) is 4.39 Å². The molecule has 6 nitrogen and oxygen atoms in total. The smallest absolute Gasteiger partial charge is 0.244 e. The van der Waals surface area contributed by atoms with E-state index in [-0.39, 0.29) is 42.2 Å². The van der Waals surface area contributed by atoms with Crippen LogP contribution in [0.25, 0.3) is 0 Å². The highest BCUT2D eigenvalue weighted by molar-refractivity contribution is 7.89. The number of piperidine rings is 1.